The molecule has 32 heavy (non-hydrogen) atoms. The lowest BCUT2D eigenvalue weighted by Crippen LogP contribution is -2.44. The van der Waals surface area contributed by atoms with Crippen LogP contribution in [0.3, 0.4) is 0 Å². The Morgan fingerprint density at radius 1 is 1.38 bits per heavy atom. The van der Waals surface area contributed by atoms with E-state index in [-0.39, 0.29) is 17.7 Å². The van der Waals surface area contributed by atoms with Crippen LogP contribution in [0.15, 0.2) is 36.5 Å². The van der Waals surface area contributed by atoms with E-state index in [0.29, 0.717) is 17.9 Å². The van der Waals surface area contributed by atoms with Gasteiger partial charge in [0.25, 0.3) is 0 Å². The van der Waals surface area contributed by atoms with Crippen LogP contribution in [0.25, 0.3) is 0 Å². The average Bonchev–Trinajstić information content (AvgIpc) is 3.26. The fourth-order valence-electron chi connectivity index (χ4n) is 5.50. The van der Waals surface area contributed by atoms with Gasteiger partial charge in [-0.1, -0.05) is 0 Å². The van der Waals surface area contributed by atoms with Gasteiger partial charge in [-0.15, -0.1) is 0 Å². The Hall–Kier alpha value is -3.16. The molecule has 3 heterocycles. The van der Waals surface area contributed by atoms with Gasteiger partial charge in [-0.25, -0.2) is 4.98 Å². The molecule has 5 rings (SSSR count). The highest BCUT2D eigenvalue weighted by atomic mass is 19.4. The van der Waals surface area contributed by atoms with E-state index in [2.05, 4.69) is 10.3 Å². The number of alkyl halides is 3. The van der Waals surface area contributed by atoms with Crippen LogP contribution < -0.4 is 10.1 Å². The number of benzene rings is 1. The highest BCUT2D eigenvalue weighted by Crippen LogP contribution is 2.77. The zero-order valence-corrected chi connectivity index (χ0v) is 16.8. The van der Waals surface area contributed by atoms with Gasteiger partial charge in [0.1, 0.15) is 0 Å². The second-order valence-electron chi connectivity index (χ2n) is 8.42. The number of ether oxygens (including phenoxy) is 2. The number of carbonyl (C=O) groups is 1. The van der Waals surface area contributed by atoms with Crippen LogP contribution in [0.4, 0.5) is 18.9 Å². The summed E-state index contributed by atoms with van der Waals surface area (Å²) in [6.45, 7) is 0. The van der Waals surface area contributed by atoms with Crippen molar-refractivity contribution in [3.8, 4) is 11.9 Å². The number of amides is 1. The average molecular weight is 445 g/mol. The number of fused-ring (bicyclic) bond motifs is 5. The first-order valence-corrected chi connectivity index (χ1v) is 9.93. The van der Waals surface area contributed by atoms with Gasteiger partial charge in [0.15, 0.2) is 0 Å². The molecule has 2 bridgehead atoms. The molecule has 7 nitrogen and oxygen atoms in total. The summed E-state index contributed by atoms with van der Waals surface area (Å²) in [6.07, 6.45) is -4.47. The molecule has 2 aromatic rings. The van der Waals surface area contributed by atoms with Crippen LogP contribution in [-0.4, -0.2) is 41.4 Å². The molecular weight excluding hydrogens is 427 g/mol. The van der Waals surface area contributed by atoms with Crippen molar-refractivity contribution < 1.29 is 32.5 Å². The second-order valence-corrected chi connectivity index (χ2v) is 8.42. The van der Waals surface area contributed by atoms with Crippen molar-refractivity contribution in [2.45, 2.75) is 42.7 Å². The fraction of sp³-hybridized carbons (Fsp3) is 0.409. The normalized spacial score (nSPS) is 32.2. The zero-order valence-electron chi connectivity index (χ0n) is 16.8. The first kappa shape index (κ1) is 20.7. The molecule has 1 saturated carbocycles. The first-order valence-electron chi connectivity index (χ1n) is 9.93. The summed E-state index contributed by atoms with van der Waals surface area (Å²) in [4.78, 5) is 17.6. The number of rotatable bonds is 4. The minimum absolute atomic E-state index is 0.118. The Labute approximate surface area is 180 Å². The number of hydrogen-bond acceptors (Lipinski definition) is 6. The summed E-state index contributed by atoms with van der Waals surface area (Å²) >= 11 is 0. The number of hydrogen-bond donors (Lipinski definition) is 2. The molecular formula is C22H18F3N3O4. The Balaban J connectivity index is 1.52. The van der Waals surface area contributed by atoms with Gasteiger partial charge < -0.3 is 19.9 Å². The minimum atomic E-state index is -4.67. The number of halogens is 3. The number of pyridine rings is 1. The lowest BCUT2D eigenvalue weighted by molar-refractivity contribution is -0.137. The molecule has 1 amide bonds. The van der Waals surface area contributed by atoms with Crippen LogP contribution in [0, 0.1) is 16.7 Å². The number of aliphatic hydroxyl groups is 1. The quantitative estimate of drug-likeness (QED) is 0.750. The maximum Gasteiger partial charge on any atom is 0.416 e. The molecule has 166 valence electrons. The molecule has 0 radical (unpaired) electrons. The Kier molecular flexibility index (Phi) is 4.32. The van der Waals surface area contributed by atoms with Gasteiger partial charge in [-0.2, -0.15) is 18.4 Å². The molecule has 5 atom stereocenters. The van der Waals surface area contributed by atoms with Crippen molar-refractivity contribution in [3.63, 3.8) is 0 Å². The van der Waals surface area contributed by atoms with E-state index in [1.54, 1.807) is 18.2 Å². The van der Waals surface area contributed by atoms with Crippen LogP contribution >= 0.6 is 0 Å². The van der Waals surface area contributed by atoms with Crippen molar-refractivity contribution >= 4 is 11.6 Å². The van der Waals surface area contributed by atoms with Gasteiger partial charge >= 0.3 is 6.18 Å². The monoisotopic (exact) mass is 445 g/mol. The van der Waals surface area contributed by atoms with Crippen LogP contribution in [0.5, 0.6) is 5.88 Å². The van der Waals surface area contributed by atoms with Crippen LogP contribution in [0.1, 0.15) is 29.5 Å². The van der Waals surface area contributed by atoms with Gasteiger partial charge in [0, 0.05) is 29.8 Å². The molecule has 2 aliphatic heterocycles. The number of methoxy groups -OCH3 is 1. The lowest BCUT2D eigenvalue weighted by atomic mass is 9.74. The minimum Gasteiger partial charge on any atom is -0.481 e. The van der Waals surface area contributed by atoms with E-state index in [1.807, 2.05) is 0 Å². The van der Waals surface area contributed by atoms with Crippen molar-refractivity contribution in [1.82, 2.24) is 4.98 Å². The number of nitriles is 1. The Morgan fingerprint density at radius 3 is 2.84 bits per heavy atom. The van der Waals surface area contributed by atoms with Crippen molar-refractivity contribution in [2.24, 2.45) is 5.41 Å². The number of nitrogens with zero attached hydrogens (tertiary/aromatic N) is 2. The van der Waals surface area contributed by atoms with E-state index < -0.39 is 46.8 Å². The van der Waals surface area contributed by atoms with Gasteiger partial charge in [0.2, 0.25) is 11.8 Å². The molecule has 1 aliphatic carbocycles. The topological polar surface area (TPSA) is 104 Å². The van der Waals surface area contributed by atoms with E-state index in [9.17, 15) is 23.1 Å². The zero-order chi connectivity index (χ0) is 22.9. The largest absolute Gasteiger partial charge is 0.481 e. The summed E-state index contributed by atoms with van der Waals surface area (Å²) in [5, 5.41) is 22.2. The molecule has 3 aliphatic rings. The molecule has 1 aromatic carbocycles. The molecule has 2 saturated heterocycles. The first-order chi connectivity index (χ1) is 15.2. The lowest BCUT2D eigenvalue weighted by Gasteiger charge is -2.29. The number of nitrogens with one attached hydrogen (secondary N) is 1. The molecule has 1 aromatic heterocycles. The van der Waals surface area contributed by atoms with E-state index in [0.717, 1.165) is 12.1 Å². The third kappa shape index (κ3) is 2.68. The molecule has 10 heteroatoms. The summed E-state index contributed by atoms with van der Waals surface area (Å²) < 4.78 is 50.9. The molecule has 3 fully saturated rings. The summed E-state index contributed by atoms with van der Waals surface area (Å²) in [7, 11) is 1.46. The van der Waals surface area contributed by atoms with Gasteiger partial charge in [-0.05, 0) is 36.2 Å². The van der Waals surface area contributed by atoms with E-state index >= 15 is 0 Å². The number of carbonyl (C=O) groups excluding carboxylic acids is 1. The number of aliphatic hydroxyl groups excluding tert-OH is 1. The summed E-state index contributed by atoms with van der Waals surface area (Å²) in [5.41, 5.74) is -2.53. The van der Waals surface area contributed by atoms with Crippen LogP contribution in [0.2, 0.25) is 0 Å². The maximum atomic E-state index is 13.5. The van der Waals surface area contributed by atoms with E-state index in [1.165, 1.54) is 19.4 Å². The van der Waals surface area contributed by atoms with Gasteiger partial charge in [0.05, 0.1) is 48.0 Å². The summed E-state index contributed by atoms with van der Waals surface area (Å²) in [5.74, 6) is -0.164. The SMILES string of the molecule is COc1cc([C@@]23C[C@]2(C(=O)Nc2cc(C#N)cc(C(F)(F)F)c2)[C@H]2C[C@H](O)[C@@H]3O2)ccn1. The predicted molar refractivity (Wildman–Crippen MR) is 104 cm³/mol. The van der Waals surface area contributed by atoms with Crippen molar-refractivity contribution in [3.05, 3.63) is 53.2 Å². The maximum absolute atomic E-state index is 13.5. The predicted octanol–water partition coefficient (Wildman–Crippen LogP) is 2.78. The highest BCUT2D eigenvalue weighted by molar-refractivity contribution is 6.01. The third-order valence-corrected chi connectivity index (χ3v) is 6.89. The number of aromatic nitrogens is 1. The standard InChI is InChI=1S/C22H18F3N3O4/c1-31-17-7-12(2-3-27-17)20-10-21(20,16-8-15(29)18(20)32-16)19(30)28-14-5-11(9-26)4-13(6-14)22(23,24)25/h2-7,15-16,18,29H,8,10H2,1H3,(H,28,30)/t15-,16+,18-,20+,21+/m0/s1. The van der Waals surface area contributed by atoms with E-state index in [4.69, 9.17) is 14.7 Å². The Morgan fingerprint density at radius 2 is 2.16 bits per heavy atom. The second kappa shape index (κ2) is 6.67. The molecule has 0 unspecified atom stereocenters. The third-order valence-electron chi connectivity index (χ3n) is 6.89. The van der Waals surface area contributed by atoms with Crippen molar-refractivity contribution in [1.29, 1.82) is 5.26 Å². The molecule has 0 spiro atoms. The summed E-state index contributed by atoms with van der Waals surface area (Å²) in [6, 6.07) is 7.84. The smallest absolute Gasteiger partial charge is 0.416 e. The fourth-order valence-corrected chi connectivity index (χ4v) is 5.50. The Bertz CT molecular complexity index is 1160. The van der Waals surface area contributed by atoms with Crippen LogP contribution in [-0.2, 0) is 21.1 Å². The number of anilines is 1. The van der Waals surface area contributed by atoms with Crippen molar-refractivity contribution in [2.75, 3.05) is 12.4 Å². The molecule has 2 N–H and O–H groups in total. The highest BCUT2D eigenvalue weighted by Gasteiger charge is 2.87. The van der Waals surface area contributed by atoms with Gasteiger partial charge in [-0.3, -0.25) is 4.79 Å².